The Morgan fingerprint density at radius 3 is 2.85 bits per heavy atom. The third-order valence-corrected chi connectivity index (χ3v) is 4.09. The molecule has 0 aliphatic heterocycles. The van der Waals surface area contributed by atoms with Gasteiger partial charge in [0.15, 0.2) is 0 Å². The summed E-state index contributed by atoms with van der Waals surface area (Å²) in [7, 11) is 0. The maximum atomic E-state index is 12.2. The molecule has 2 aromatic heterocycles. The highest BCUT2D eigenvalue weighted by Crippen LogP contribution is 2.22. The van der Waals surface area contributed by atoms with Gasteiger partial charge in [-0.05, 0) is 45.0 Å². The second-order valence-corrected chi connectivity index (χ2v) is 5.92. The van der Waals surface area contributed by atoms with E-state index in [1.54, 1.807) is 23.6 Å². The van der Waals surface area contributed by atoms with Gasteiger partial charge in [0.25, 0.3) is 5.91 Å². The number of hydrogen-bond acceptors (Lipinski definition) is 4. The summed E-state index contributed by atoms with van der Waals surface area (Å²) in [5.74, 6) is -0.150. The van der Waals surface area contributed by atoms with E-state index in [0.29, 0.717) is 5.69 Å². The van der Waals surface area contributed by atoms with Crippen LogP contribution in [0.4, 0.5) is 5.69 Å². The van der Waals surface area contributed by atoms with Crippen LogP contribution >= 0.6 is 11.3 Å². The molecule has 0 fully saturated rings. The van der Waals surface area contributed by atoms with E-state index < -0.39 is 0 Å². The molecule has 2 N–H and O–H groups in total. The Labute approximate surface area is 123 Å². The molecular formula is C15H19N3OS. The first-order chi connectivity index (χ1) is 9.60. The van der Waals surface area contributed by atoms with E-state index in [4.69, 9.17) is 0 Å². The molecular weight excluding hydrogens is 270 g/mol. The lowest BCUT2D eigenvalue weighted by Gasteiger charge is -2.12. The molecule has 0 bridgehead atoms. The predicted octanol–water partition coefficient (Wildman–Crippen LogP) is 3.37. The van der Waals surface area contributed by atoms with E-state index in [1.807, 2.05) is 26.0 Å². The van der Waals surface area contributed by atoms with Crippen LogP contribution in [0.2, 0.25) is 0 Å². The van der Waals surface area contributed by atoms with Gasteiger partial charge in [-0.3, -0.25) is 9.78 Å². The summed E-state index contributed by atoms with van der Waals surface area (Å²) < 4.78 is 0. The molecule has 106 valence electrons. The van der Waals surface area contributed by atoms with Crippen LogP contribution in [0, 0.1) is 6.92 Å². The van der Waals surface area contributed by atoms with E-state index in [0.717, 1.165) is 17.1 Å². The summed E-state index contributed by atoms with van der Waals surface area (Å²) in [5.41, 5.74) is 1.34. The van der Waals surface area contributed by atoms with E-state index >= 15 is 0 Å². The molecule has 0 spiro atoms. The Hall–Kier alpha value is -1.88. The van der Waals surface area contributed by atoms with Gasteiger partial charge in [-0.2, -0.15) is 0 Å². The Bertz CT molecular complexity index is 594. The first-order valence-corrected chi connectivity index (χ1v) is 7.49. The zero-order chi connectivity index (χ0) is 14.5. The number of pyridine rings is 1. The molecule has 2 aromatic rings. The minimum absolute atomic E-state index is 0.00853. The maximum absolute atomic E-state index is 12.2. The molecule has 0 saturated carbocycles. The molecule has 0 radical (unpaired) electrons. The topological polar surface area (TPSA) is 54.0 Å². The van der Waals surface area contributed by atoms with Crippen LogP contribution < -0.4 is 10.6 Å². The molecule has 20 heavy (non-hydrogen) atoms. The van der Waals surface area contributed by atoms with Crippen molar-refractivity contribution in [3.63, 3.8) is 0 Å². The largest absolute Gasteiger partial charge is 0.385 e. The predicted molar refractivity (Wildman–Crippen MR) is 83.3 cm³/mol. The molecule has 2 heterocycles. The minimum Gasteiger partial charge on any atom is -0.385 e. The SMILES string of the molecule is CCNc1ccnc(C(=O)NC(C)c2ccc(C)s2)c1. The molecule has 4 nitrogen and oxygen atoms in total. The third kappa shape index (κ3) is 3.57. The molecule has 2 rings (SSSR count). The van der Waals surface area contributed by atoms with Crippen molar-refractivity contribution >= 4 is 22.9 Å². The summed E-state index contributed by atoms with van der Waals surface area (Å²) in [6, 6.07) is 7.73. The number of nitrogens with zero attached hydrogens (tertiary/aromatic N) is 1. The zero-order valence-electron chi connectivity index (χ0n) is 11.9. The monoisotopic (exact) mass is 289 g/mol. The average molecular weight is 289 g/mol. The molecule has 1 amide bonds. The number of anilines is 1. The summed E-state index contributed by atoms with van der Waals surface area (Å²) in [6.45, 7) is 6.87. The number of carbonyl (C=O) groups is 1. The lowest BCUT2D eigenvalue weighted by Crippen LogP contribution is -2.27. The third-order valence-electron chi connectivity index (χ3n) is 2.91. The normalized spacial score (nSPS) is 11.9. The quantitative estimate of drug-likeness (QED) is 0.887. The van der Waals surface area contributed by atoms with Gasteiger partial charge in [0.1, 0.15) is 5.69 Å². The fourth-order valence-corrected chi connectivity index (χ4v) is 2.78. The summed E-state index contributed by atoms with van der Waals surface area (Å²) in [6.07, 6.45) is 1.65. The van der Waals surface area contributed by atoms with Gasteiger partial charge >= 0.3 is 0 Å². The van der Waals surface area contributed by atoms with Crippen molar-refractivity contribution in [2.75, 3.05) is 11.9 Å². The van der Waals surface area contributed by atoms with Gasteiger partial charge in [-0.15, -0.1) is 11.3 Å². The Kier molecular flexibility index (Phi) is 4.74. The van der Waals surface area contributed by atoms with Crippen molar-refractivity contribution in [2.24, 2.45) is 0 Å². The van der Waals surface area contributed by atoms with Crippen molar-refractivity contribution in [1.82, 2.24) is 10.3 Å². The van der Waals surface area contributed by atoms with Gasteiger partial charge in [-0.1, -0.05) is 0 Å². The van der Waals surface area contributed by atoms with Crippen molar-refractivity contribution in [2.45, 2.75) is 26.8 Å². The second-order valence-electron chi connectivity index (χ2n) is 4.60. The Morgan fingerprint density at radius 1 is 1.40 bits per heavy atom. The van der Waals surface area contributed by atoms with E-state index in [9.17, 15) is 4.79 Å². The highest BCUT2D eigenvalue weighted by atomic mass is 32.1. The Balaban J connectivity index is 2.06. The van der Waals surface area contributed by atoms with Gasteiger partial charge in [-0.25, -0.2) is 0 Å². The van der Waals surface area contributed by atoms with Crippen LogP contribution in [-0.2, 0) is 0 Å². The highest BCUT2D eigenvalue weighted by molar-refractivity contribution is 7.12. The van der Waals surface area contributed by atoms with Gasteiger partial charge < -0.3 is 10.6 Å². The van der Waals surface area contributed by atoms with Gasteiger partial charge in [0.05, 0.1) is 6.04 Å². The first kappa shape index (κ1) is 14.5. The molecule has 1 atom stereocenters. The zero-order valence-corrected chi connectivity index (χ0v) is 12.8. The smallest absolute Gasteiger partial charge is 0.270 e. The van der Waals surface area contributed by atoms with Crippen LogP contribution in [0.25, 0.3) is 0 Å². The second kappa shape index (κ2) is 6.52. The number of aryl methyl sites for hydroxylation is 1. The molecule has 5 heteroatoms. The van der Waals surface area contributed by atoms with E-state index in [1.165, 1.54) is 4.88 Å². The summed E-state index contributed by atoms with van der Waals surface area (Å²) in [4.78, 5) is 18.7. The molecule has 1 unspecified atom stereocenters. The number of hydrogen-bond donors (Lipinski definition) is 2. The van der Waals surface area contributed by atoms with Crippen LogP contribution in [0.15, 0.2) is 30.5 Å². The first-order valence-electron chi connectivity index (χ1n) is 6.67. The highest BCUT2D eigenvalue weighted by Gasteiger charge is 2.14. The average Bonchev–Trinajstić information content (AvgIpc) is 2.86. The molecule has 0 aliphatic carbocycles. The van der Waals surface area contributed by atoms with Crippen molar-refractivity contribution in [1.29, 1.82) is 0 Å². The maximum Gasteiger partial charge on any atom is 0.270 e. The fraction of sp³-hybridized carbons (Fsp3) is 0.333. The molecule has 0 saturated heterocycles. The number of carbonyl (C=O) groups excluding carboxylic acids is 1. The van der Waals surface area contributed by atoms with Crippen molar-refractivity contribution in [3.05, 3.63) is 45.9 Å². The van der Waals surface area contributed by atoms with Crippen molar-refractivity contribution < 1.29 is 4.79 Å². The number of aromatic nitrogens is 1. The number of amides is 1. The van der Waals surface area contributed by atoms with E-state index in [2.05, 4.69) is 28.6 Å². The van der Waals surface area contributed by atoms with Crippen LogP contribution in [0.5, 0.6) is 0 Å². The van der Waals surface area contributed by atoms with E-state index in [-0.39, 0.29) is 11.9 Å². The number of thiophene rings is 1. The minimum atomic E-state index is -0.150. The standard InChI is InChI=1S/C15H19N3OS/c1-4-16-12-7-8-17-13(9-12)15(19)18-11(3)14-6-5-10(2)20-14/h5-9,11H,4H2,1-3H3,(H,16,17)(H,18,19). The van der Waals surface area contributed by atoms with Gasteiger partial charge in [0.2, 0.25) is 0 Å². The molecule has 0 aliphatic rings. The Morgan fingerprint density at radius 2 is 2.20 bits per heavy atom. The summed E-state index contributed by atoms with van der Waals surface area (Å²) >= 11 is 1.70. The van der Waals surface area contributed by atoms with Crippen LogP contribution in [0.3, 0.4) is 0 Å². The van der Waals surface area contributed by atoms with Crippen LogP contribution in [0.1, 0.15) is 40.1 Å². The molecule has 0 aromatic carbocycles. The lowest BCUT2D eigenvalue weighted by atomic mass is 10.2. The van der Waals surface area contributed by atoms with Crippen LogP contribution in [-0.4, -0.2) is 17.4 Å². The number of nitrogens with one attached hydrogen (secondary N) is 2. The number of rotatable bonds is 5. The van der Waals surface area contributed by atoms with Gasteiger partial charge in [0, 0.05) is 28.2 Å². The summed E-state index contributed by atoms with van der Waals surface area (Å²) in [5, 5.41) is 6.15. The van der Waals surface area contributed by atoms with Crippen molar-refractivity contribution in [3.8, 4) is 0 Å². The lowest BCUT2D eigenvalue weighted by molar-refractivity contribution is 0.0935. The fourth-order valence-electron chi connectivity index (χ4n) is 1.90.